The van der Waals surface area contributed by atoms with Gasteiger partial charge in [0, 0.05) is 26.2 Å². The average molecular weight is 137 g/mol. The first-order valence-electron chi connectivity index (χ1n) is 2.41. The monoisotopic (exact) mass is 137 g/mol. The lowest BCUT2D eigenvalue weighted by atomic mass is 10.4. The van der Waals surface area contributed by atoms with Crippen molar-refractivity contribution < 1.29 is 0 Å². The summed E-state index contributed by atoms with van der Waals surface area (Å²) in [4.78, 5) is 0. The van der Waals surface area contributed by atoms with Crippen molar-refractivity contribution >= 4 is 13.5 Å². The summed E-state index contributed by atoms with van der Waals surface area (Å²) in [6.45, 7) is 4.56. The van der Waals surface area contributed by atoms with Crippen molar-refractivity contribution in [3.8, 4) is 0 Å². The summed E-state index contributed by atoms with van der Waals surface area (Å²) in [6.07, 6.45) is 0. The van der Waals surface area contributed by atoms with Gasteiger partial charge in [-0.1, -0.05) is 0 Å². The molecule has 0 spiro atoms. The van der Waals surface area contributed by atoms with Crippen molar-refractivity contribution in [2.75, 3.05) is 26.2 Å². The highest BCUT2D eigenvalue weighted by Crippen LogP contribution is 1.65. The number of hydrogen-bond donors (Lipinski definition) is 3. The first-order chi connectivity index (χ1) is 3.00. The Morgan fingerprint density at radius 3 is 1.12 bits per heavy atom. The molecule has 5 N–H and O–H groups in total. The van der Waals surface area contributed by atoms with Crippen LogP contribution in [-0.4, -0.2) is 26.2 Å². The summed E-state index contributed by atoms with van der Waals surface area (Å²) in [6, 6.07) is 0. The predicted molar refractivity (Wildman–Crippen MR) is 41.1 cm³/mol. The number of rotatable bonds is 0. The van der Waals surface area contributed by atoms with Crippen LogP contribution < -0.4 is 16.8 Å². The van der Waals surface area contributed by atoms with E-state index in [1.165, 1.54) is 0 Å². The van der Waals surface area contributed by atoms with Gasteiger partial charge in [0.1, 0.15) is 0 Å². The smallest absolute Gasteiger partial charge is 0.00772 e. The third kappa shape index (κ3) is 4.39. The Morgan fingerprint density at radius 1 is 0.750 bits per heavy atom. The molecular formula is C4H15N3S. The van der Waals surface area contributed by atoms with Crippen molar-refractivity contribution in [3.63, 3.8) is 0 Å². The van der Waals surface area contributed by atoms with Crippen molar-refractivity contribution in [2.24, 2.45) is 0 Å². The quantitative estimate of drug-likeness (QED) is 0.420. The van der Waals surface area contributed by atoms with E-state index in [2.05, 4.69) is 10.6 Å². The Balaban J connectivity index is 0. The number of hydrogen-bond acceptors (Lipinski definition) is 3. The molecule has 52 valence electrons. The maximum Gasteiger partial charge on any atom is 0.00772 e. The lowest BCUT2D eigenvalue weighted by Crippen LogP contribution is -2.39. The zero-order chi connectivity index (χ0) is 4.24. The number of nitrogens with one attached hydrogen (secondary N) is 2. The molecule has 8 heavy (non-hydrogen) atoms. The van der Waals surface area contributed by atoms with E-state index in [1.807, 2.05) is 0 Å². The van der Waals surface area contributed by atoms with Crippen LogP contribution in [0.4, 0.5) is 0 Å². The summed E-state index contributed by atoms with van der Waals surface area (Å²) >= 11 is 0. The molecule has 1 fully saturated rings. The fraction of sp³-hybridized carbons (Fsp3) is 1.00. The Hall–Kier alpha value is 0.230. The van der Waals surface area contributed by atoms with Crippen LogP contribution in [0.25, 0.3) is 0 Å². The predicted octanol–water partition coefficient (Wildman–Crippen LogP) is -0.546. The average Bonchev–Trinajstić information content (AvgIpc) is 1.72. The van der Waals surface area contributed by atoms with E-state index in [0.717, 1.165) is 26.2 Å². The Morgan fingerprint density at radius 2 is 1.00 bits per heavy atom. The largest absolute Gasteiger partial charge is 0.344 e. The third-order valence-corrected chi connectivity index (χ3v) is 0.957. The molecule has 0 saturated carbocycles. The van der Waals surface area contributed by atoms with Crippen LogP contribution in [0.1, 0.15) is 0 Å². The molecule has 0 atom stereocenters. The molecule has 0 bridgehead atoms. The molecule has 0 unspecified atom stereocenters. The molecule has 1 saturated heterocycles. The molecule has 1 rings (SSSR count). The lowest BCUT2D eigenvalue weighted by Gasteiger charge is -2.11. The molecule has 0 aliphatic carbocycles. The summed E-state index contributed by atoms with van der Waals surface area (Å²) < 4.78 is 0. The Bertz CT molecular complexity index is 26.8. The normalized spacial score (nSPS) is 18.0. The van der Waals surface area contributed by atoms with E-state index in [4.69, 9.17) is 0 Å². The molecule has 0 aromatic heterocycles. The van der Waals surface area contributed by atoms with Crippen molar-refractivity contribution in [1.82, 2.24) is 16.8 Å². The van der Waals surface area contributed by atoms with Crippen LogP contribution in [0.15, 0.2) is 0 Å². The van der Waals surface area contributed by atoms with Gasteiger partial charge in [-0.2, -0.15) is 13.5 Å². The van der Waals surface area contributed by atoms with Crippen LogP contribution in [0.3, 0.4) is 0 Å². The molecule has 0 amide bonds. The third-order valence-electron chi connectivity index (χ3n) is 0.957. The van der Waals surface area contributed by atoms with Crippen LogP contribution in [0.5, 0.6) is 0 Å². The summed E-state index contributed by atoms with van der Waals surface area (Å²) in [5, 5.41) is 6.44. The highest BCUT2D eigenvalue weighted by Gasteiger charge is 1.91. The Kier molecular flexibility index (Phi) is 10.0. The first-order valence-corrected chi connectivity index (χ1v) is 2.41. The van der Waals surface area contributed by atoms with Gasteiger partial charge in [0.25, 0.3) is 0 Å². The van der Waals surface area contributed by atoms with Crippen LogP contribution >= 0.6 is 13.5 Å². The molecular weight excluding hydrogens is 122 g/mol. The van der Waals surface area contributed by atoms with Crippen LogP contribution in [-0.2, 0) is 0 Å². The summed E-state index contributed by atoms with van der Waals surface area (Å²) in [7, 11) is 0. The van der Waals surface area contributed by atoms with E-state index in [-0.39, 0.29) is 19.6 Å². The molecule has 1 aliphatic heterocycles. The molecule has 1 heterocycles. The van der Waals surface area contributed by atoms with Gasteiger partial charge in [-0.05, 0) is 0 Å². The topological polar surface area (TPSA) is 59.1 Å². The van der Waals surface area contributed by atoms with Crippen molar-refractivity contribution in [1.29, 1.82) is 0 Å². The van der Waals surface area contributed by atoms with Gasteiger partial charge in [-0.3, -0.25) is 0 Å². The van der Waals surface area contributed by atoms with Gasteiger partial charge < -0.3 is 16.8 Å². The molecule has 3 nitrogen and oxygen atoms in total. The lowest BCUT2D eigenvalue weighted by molar-refractivity contribution is 0.534. The van der Waals surface area contributed by atoms with Crippen LogP contribution in [0.2, 0.25) is 0 Å². The van der Waals surface area contributed by atoms with Crippen molar-refractivity contribution in [3.05, 3.63) is 0 Å². The minimum atomic E-state index is 0. The van der Waals surface area contributed by atoms with Gasteiger partial charge in [0.05, 0.1) is 0 Å². The standard InChI is InChI=1S/C4H10N2.H3N.H2S/c1-2-6-4-3-5-1;;/h5-6H,1-4H2;1H3;1H2. The number of piperazine rings is 1. The maximum atomic E-state index is 3.22. The maximum absolute atomic E-state index is 3.22. The van der Waals surface area contributed by atoms with Gasteiger partial charge in [0.15, 0.2) is 0 Å². The molecule has 0 aromatic carbocycles. The molecule has 0 radical (unpaired) electrons. The van der Waals surface area contributed by atoms with Crippen molar-refractivity contribution in [2.45, 2.75) is 0 Å². The highest BCUT2D eigenvalue weighted by atomic mass is 32.1. The van der Waals surface area contributed by atoms with E-state index in [1.54, 1.807) is 0 Å². The second-order valence-corrected chi connectivity index (χ2v) is 1.50. The second kappa shape index (κ2) is 7.23. The van der Waals surface area contributed by atoms with E-state index < -0.39 is 0 Å². The minimum Gasteiger partial charge on any atom is -0.344 e. The SMILES string of the molecule is C1CNCCN1.N.S. The summed E-state index contributed by atoms with van der Waals surface area (Å²) in [5.74, 6) is 0. The first kappa shape index (κ1) is 11.1. The van der Waals surface area contributed by atoms with E-state index in [9.17, 15) is 0 Å². The zero-order valence-corrected chi connectivity index (χ0v) is 6.04. The highest BCUT2D eigenvalue weighted by molar-refractivity contribution is 7.59. The van der Waals surface area contributed by atoms with Gasteiger partial charge in [-0.25, -0.2) is 0 Å². The fourth-order valence-corrected chi connectivity index (χ4v) is 0.604. The van der Waals surface area contributed by atoms with Crippen LogP contribution in [0, 0.1) is 0 Å². The van der Waals surface area contributed by atoms with Gasteiger partial charge >= 0.3 is 0 Å². The zero-order valence-electron chi connectivity index (χ0n) is 5.04. The van der Waals surface area contributed by atoms with E-state index >= 15 is 0 Å². The Labute approximate surface area is 57.3 Å². The molecule has 1 aliphatic rings. The fourth-order valence-electron chi connectivity index (χ4n) is 0.604. The molecule has 4 heteroatoms. The second-order valence-electron chi connectivity index (χ2n) is 1.50. The van der Waals surface area contributed by atoms with Gasteiger partial charge in [-0.15, -0.1) is 0 Å². The minimum absolute atomic E-state index is 0. The van der Waals surface area contributed by atoms with E-state index in [0.29, 0.717) is 0 Å². The molecule has 0 aromatic rings. The summed E-state index contributed by atoms with van der Waals surface area (Å²) in [5.41, 5.74) is 0. The van der Waals surface area contributed by atoms with Gasteiger partial charge in [0.2, 0.25) is 0 Å².